The van der Waals surface area contributed by atoms with Gasteiger partial charge in [-0.15, -0.1) is 0 Å². The van der Waals surface area contributed by atoms with Gasteiger partial charge in [0.05, 0.1) is 5.56 Å². The first kappa shape index (κ1) is 18.2. The van der Waals surface area contributed by atoms with Crippen molar-refractivity contribution in [1.82, 2.24) is 9.80 Å². The van der Waals surface area contributed by atoms with Crippen LogP contribution in [-0.4, -0.2) is 47.1 Å². The molecule has 2 aromatic rings. The summed E-state index contributed by atoms with van der Waals surface area (Å²) in [5.41, 5.74) is 3.35. The Kier molecular flexibility index (Phi) is 5.28. The lowest BCUT2D eigenvalue weighted by molar-refractivity contribution is 0.0696. The average Bonchev–Trinajstić information content (AvgIpc) is 3.07. The highest BCUT2D eigenvalue weighted by Gasteiger charge is 2.40. The van der Waals surface area contributed by atoms with Crippen LogP contribution in [-0.2, 0) is 13.1 Å². The maximum Gasteiger partial charge on any atom is 0.335 e. The van der Waals surface area contributed by atoms with Gasteiger partial charge in [0.1, 0.15) is 0 Å². The van der Waals surface area contributed by atoms with Crippen LogP contribution < -0.4 is 0 Å². The van der Waals surface area contributed by atoms with Crippen molar-refractivity contribution in [3.63, 3.8) is 0 Å². The molecule has 1 spiro atoms. The quantitative estimate of drug-likeness (QED) is 0.875. The molecule has 0 amide bonds. The van der Waals surface area contributed by atoms with Crippen LogP contribution in [0.4, 0.5) is 0 Å². The highest BCUT2D eigenvalue weighted by atomic mass is 16.4. The molecule has 2 saturated heterocycles. The van der Waals surface area contributed by atoms with Crippen molar-refractivity contribution in [1.29, 1.82) is 0 Å². The van der Waals surface area contributed by atoms with Gasteiger partial charge in [-0.1, -0.05) is 42.5 Å². The Balaban J connectivity index is 1.31. The number of aromatic carboxylic acids is 1. The molecule has 0 aromatic heterocycles. The van der Waals surface area contributed by atoms with Gasteiger partial charge in [-0.2, -0.15) is 0 Å². The van der Waals surface area contributed by atoms with Crippen molar-refractivity contribution in [3.05, 3.63) is 71.3 Å². The summed E-state index contributed by atoms with van der Waals surface area (Å²) in [6.45, 7) is 6.53. The molecule has 2 fully saturated rings. The second kappa shape index (κ2) is 7.83. The fraction of sp³-hybridized carbons (Fsp3) is 0.435. The molecule has 0 bridgehead atoms. The number of likely N-dealkylation sites (tertiary alicyclic amines) is 2. The van der Waals surface area contributed by atoms with Crippen LogP contribution in [0.2, 0.25) is 0 Å². The molecule has 0 saturated carbocycles. The monoisotopic (exact) mass is 364 g/mol. The Morgan fingerprint density at radius 2 is 1.48 bits per heavy atom. The number of carbonyl (C=O) groups is 1. The van der Waals surface area contributed by atoms with Crippen LogP contribution in [0.3, 0.4) is 0 Å². The largest absolute Gasteiger partial charge is 0.478 e. The number of rotatable bonds is 5. The molecule has 2 aliphatic rings. The van der Waals surface area contributed by atoms with Crippen molar-refractivity contribution < 1.29 is 9.90 Å². The molecule has 0 aliphatic carbocycles. The van der Waals surface area contributed by atoms with Gasteiger partial charge in [0.25, 0.3) is 0 Å². The van der Waals surface area contributed by atoms with Gasteiger partial charge >= 0.3 is 5.97 Å². The summed E-state index contributed by atoms with van der Waals surface area (Å²) in [6.07, 6.45) is 3.81. The van der Waals surface area contributed by atoms with E-state index in [1.807, 2.05) is 18.2 Å². The van der Waals surface area contributed by atoms with Crippen LogP contribution in [0.5, 0.6) is 0 Å². The van der Waals surface area contributed by atoms with Crippen molar-refractivity contribution in [2.24, 2.45) is 5.41 Å². The van der Waals surface area contributed by atoms with Crippen LogP contribution in [0.25, 0.3) is 0 Å². The van der Waals surface area contributed by atoms with E-state index in [1.165, 1.54) is 37.9 Å². The minimum Gasteiger partial charge on any atom is -0.478 e. The summed E-state index contributed by atoms with van der Waals surface area (Å²) in [5, 5.41) is 9.18. The zero-order valence-corrected chi connectivity index (χ0v) is 15.8. The smallest absolute Gasteiger partial charge is 0.335 e. The number of benzene rings is 2. The molecule has 4 rings (SSSR count). The second-order valence-electron chi connectivity index (χ2n) is 8.23. The van der Waals surface area contributed by atoms with Crippen molar-refractivity contribution >= 4 is 5.97 Å². The highest BCUT2D eigenvalue weighted by molar-refractivity contribution is 5.87. The van der Waals surface area contributed by atoms with Gasteiger partial charge in [-0.05, 0) is 67.6 Å². The number of piperidine rings is 1. The Labute approximate surface area is 161 Å². The SMILES string of the molecule is O=C(O)c1cccc(CN2CCC3(CCN(Cc4ccccc4)CC3)C2)c1. The zero-order chi connectivity index (χ0) is 18.7. The summed E-state index contributed by atoms with van der Waals surface area (Å²) in [7, 11) is 0. The fourth-order valence-corrected chi connectivity index (χ4v) is 4.66. The maximum atomic E-state index is 11.2. The lowest BCUT2D eigenvalue weighted by Gasteiger charge is -2.39. The topological polar surface area (TPSA) is 43.8 Å². The first-order valence-corrected chi connectivity index (χ1v) is 9.93. The Morgan fingerprint density at radius 1 is 0.852 bits per heavy atom. The van der Waals surface area contributed by atoms with E-state index < -0.39 is 5.97 Å². The first-order valence-electron chi connectivity index (χ1n) is 9.93. The van der Waals surface area contributed by atoms with E-state index in [-0.39, 0.29) is 0 Å². The molecular weight excluding hydrogens is 336 g/mol. The van der Waals surface area contributed by atoms with E-state index >= 15 is 0 Å². The molecule has 1 N–H and O–H groups in total. The molecule has 0 radical (unpaired) electrons. The van der Waals surface area contributed by atoms with Gasteiger partial charge in [0, 0.05) is 19.6 Å². The summed E-state index contributed by atoms with van der Waals surface area (Å²) in [4.78, 5) is 16.3. The number of carboxylic acid groups (broad SMARTS) is 1. The Morgan fingerprint density at radius 3 is 2.19 bits per heavy atom. The summed E-state index contributed by atoms with van der Waals surface area (Å²) < 4.78 is 0. The van der Waals surface area contributed by atoms with Gasteiger partial charge in [0.2, 0.25) is 0 Å². The van der Waals surface area contributed by atoms with E-state index in [0.717, 1.165) is 31.7 Å². The third-order valence-corrected chi connectivity index (χ3v) is 6.26. The molecule has 2 heterocycles. The minimum absolute atomic E-state index is 0.385. The number of carboxylic acids is 1. The molecule has 142 valence electrons. The van der Waals surface area contributed by atoms with Gasteiger partial charge < -0.3 is 5.11 Å². The third-order valence-electron chi connectivity index (χ3n) is 6.26. The lowest BCUT2D eigenvalue weighted by atomic mass is 9.77. The molecular formula is C23H28N2O2. The van der Waals surface area contributed by atoms with Crippen LogP contribution in [0.1, 0.15) is 40.7 Å². The average molecular weight is 364 g/mol. The molecule has 0 unspecified atom stereocenters. The lowest BCUT2D eigenvalue weighted by Crippen LogP contribution is -2.41. The normalized spacial score (nSPS) is 20.1. The Hall–Kier alpha value is -2.17. The van der Waals surface area contributed by atoms with Crippen LogP contribution in [0.15, 0.2) is 54.6 Å². The predicted octanol–water partition coefficient (Wildman–Crippen LogP) is 3.87. The summed E-state index contributed by atoms with van der Waals surface area (Å²) >= 11 is 0. The highest BCUT2D eigenvalue weighted by Crippen LogP contribution is 2.41. The van der Waals surface area contributed by atoms with Crippen molar-refractivity contribution in [2.45, 2.75) is 32.4 Å². The summed E-state index contributed by atoms with van der Waals surface area (Å²) in [5.74, 6) is -0.847. The van der Waals surface area contributed by atoms with Gasteiger partial charge in [-0.25, -0.2) is 4.79 Å². The second-order valence-corrected chi connectivity index (χ2v) is 8.23. The predicted molar refractivity (Wildman–Crippen MR) is 107 cm³/mol. The van der Waals surface area contributed by atoms with Crippen molar-refractivity contribution in [2.75, 3.05) is 26.2 Å². The van der Waals surface area contributed by atoms with E-state index in [4.69, 9.17) is 0 Å². The number of hydrogen-bond acceptors (Lipinski definition) is 3. The third kappa shape index (κ3) is 4.40. The van der Waals surface area contributed by atoms with E-state index in [0.29, 0.717) is 11.0 Å². The molecule has 2 aliphatic heterocycles. The molecule has 27 heavy (non-hydrogen) atoms. The maximum absolute atomic E-state index is 11.2. The molecule has 0 atom stereocenters. The zero-order valence-electron chi connectivity index (χ0n) is 15.8. The van der Waals surface area contributed by atoms with Crippen LogP contribution in [0, 0.1) is 5.41 Å². The van der Waals surface area contributed by atoms with Crippen LogP contribution >= 0.6 is 0 Å². The first-order chi connectivity index (χ1) is 13.1. The molecule has 4 nitrogen and oxygen atoms in total. The number of nitrogens with zero attached hydrogens (tertiary/aromatic N) is 2. The minimum atomic E-state index is -0.847. The fourth-order valence-electron chi connectivity index (χ4n) is 4.66. The van der Waals surface area contributed by atoms with Gasteiger partial charge in [-0.3, -0.25) is 9.80 Å². The number of hydrogen-bond donors (Lipinski definition) is 1. The van der Waals surface area contributed by atoms with Gasteiger partial charge in [0.15, 0.2) is 0 Å². The summed E-state index contributed by atoms with van der Waals surface area (Å²) in [6, 6.07) is 18.1. The van der Waals surface area contributed by atoms with E-state index in [9.17, 15) is 9.90 Å². The molecule has 4 heteroatoms. The Bertz CT molecular complexity index is 782. The standard InChI is InChI=1S/C23H28N2O2/c26-22(27)21-8-4-7-20(15-21)17-25-14-11-23(18-25)9-12-24(13-10-23)16-19-5-2-1-3-6-19/h1-8,15H,9-14,16-18H2,(H,26,27). The van der Waals surface area contributed by atoms with E-state index in [1.54, 1.807) is 6.07 Å². The van der Waals surface area contributed by atoms with E-state index in [2.05, 4.69) is 40.1 Å². The van der Waals surface area contributed by atoms with Crippen molar-refractivity contribution in [3.8, 4) is 0 Å². The molecule has 2 aromatic carbocycles.